The molecule has 0 aromatic heterocycles. The molecule has 0 aliphatic carbocycles. The number of nitrogens with zero attached hydrogens (tertiary/aromatic N) is 3. The van der Waals surface area contributed by atoms with Crippen molar-refractivity contribution in [3.05, 3.63) is 34.9 Å². The van der Waals surface area contributed by atoms with Gasteiger partial charge in [0.15, 0.2) is 10.8 Å². The lowest BCUT2D eigenvalue weighted by Crippen LogP contribution is -2.47. The molecule has 0 bridgehead atoms. The summed E-state index contributed by atoms with van der Waals surface area (Å²) in [5.74, 6) is 0.203. The van der Waals surface area contributed by atoms with Crippen LogP contribution < -0.4 is 9.75 Å². The van der Waals surface area contributed by atoms with E-state index in [0.29, 0.717) is 9.95 Å². The second-order valence-electron chi connectivity index (χ2n) is 5.69. The van der Waals surface area contributed by atoms with Gasteiger partial charge in [-0.25, -0.2) is 9.80 Å². The van der Waals surface area contributed by atoms with Gasteiger partial charge in [-0.1, -0.05) is 11.8 Å². The minimum absolute atomic E-state index is 0.122. The molecule has 1 atom stereocenters. The first-order valence-corrected chi connectivity index (χ1v) is 9.42. The molecule has 3 rings (SSSR count). The zero-order valence-electron chi connectivity index (χ0n) is 15.1. The smallest absolute Gasteiger partial charge is 0.346 e. The average Bonchev–Trinajstić information content (AvgIpc) is 3.15. The lowest BCUT2D eigenvalue weighted by atomic mass is 10.3. The van der Waals surface area contributed by atoms with Crippen molar-refractivity contribution in [1.82, 2.24) is 4.90 Å². The molecule has 1 aromatic carbocycles. The molecule has 1 aromatic rings. The molecule has 138 valence electrons. The third kappa shape index (κ3) is 2.84. The van der Waals surface area contributed by atoms with Crippen LogP contribution in [0.3, 0.4) is 0 Å². The summed E-state index contributed by atoms with van der Waals surface area (Å²) in [7, 11) is 4.83. The second kappa shape index (κ2) is 6.88. The lowest BCUT2D eigenvalue weighted by molar-refractivity contribution is -0.135. The van der Waals surface area contributed by atoms with Crippen molar-refractivity contribution < 1.29 is 19.1 Å². The van der Waals surface area contributed by atoms with Gasteiger partial charge in [0, 0.05) is 19.7 Å². The lowest BCUT2D eigenvalue weighted by Gasteiger charge is -2.39. The van der Waals surface area contributed by atoms with Crippen molar-refractivity contribution in [2.75, 3.05) is 26.3 Å². The Morgan fingerprint density at radius 2 is 1.81 bits per heavy atom. The number of allylic oxidation sites excluding steroid dienone is 1. The van der Waals surface area contributed by atoms with Crippen molar-refractivity contribution in [2.24, 2.45) is 5.10 Å². The molecule has 0 radical (unpaired) electrons. The van der Waals surface area contributed by atoms with Gasteiger partial charge in [0.1, 0.15) is 10.7 Å². The molecule has 0 saturated heterocycles. The van der Waals surface area contributed by atoms with Crippen LogP contribution in [0.25, 0.3) is 0 Å². The predicted molar refractivity (Wildman–Crippen MR) is 104 cm³/mol. The van der Waals surface area contributed by atoms with E-state index in [1.807, 2.05) is 43.1 Å². The normalized spacial score (nSPS) is 22.1. The van der Waals surface area contributed by atoms with E-state index in [9.17, 15) is 9.59 Å². The van der Waals surface area contributed by atoms with Gasteiger partial charge in [0.2, 0.25) is 4.33 Å². The molecule has 2 aliphatic rings. The van der Waals surface area contributed by atoms with E-state index in [0.717, 1.165) is 17.1 Å². The molecule has 26 heavy (non-hydrogen) atoms. The van der Waals surface area contributed by atoms with Gasteiger partial charge in [0.05, 0.1) is 19.9 Å². The molecule has 2 heterocycles. The van der Waals surface area contributed by atoms with Crippen molar-refractivity contribution in [1.29, 1.82) is 0 Å². The summed E-state index contributed by atoms with van der Waals surface area (Å²) >= 11 is 2.65. The Morgan fingerprint density at radius 1 is 1.15 bits per heavy atom. The quantitative estimate of drug-likeness (QED) is 0.723. The number of rotatable bonds is 4. The number of ketones is 1. The van der Waals surface area contributed by atoms with Gasteiger partial charge in [-0.3, -0.25) is 4.79 Å². The molecule has 0 amide bonds. The van der Waals surface area contributed by atoms with Gasteiger partial charge in [0.25, 0.3) is 0 Å². The Kier molecular flexibility index (Phi) is 4.94. The maximum Gasteiger partial charge on any atom is 0.346 e. The Hall–Kier alpha value is -2.13. The molecular formula is C17H19N3O4S2. The molecule has 2 aliphatic heterocycles. The number of hydrazone groups is 1. The van der Waals surface area contributed by atoms with E-state index in [2.05, 4.69) is 5.10 Å². The monoisotopic (exact) mass is 393 g/mol. The Labute approximate surface area is 160 Å². The topological polar surface area (TPSA) is 71.4 Å². The highest BCUT2D eigenvalue weighted by Gasteiger charge is 2.56. The first kappa shape index (κ1) is 18.7. The van der Waals surface area contributed by atoms with Crippen LogP contribution in [0.2, 0.25) is 0 Å². The third-order valence-corrected chi connectivity index (χ3v) is 7.32. The molecule has 7 nitrogen and oxygen atoms in total. The highest BCUT2D eigenvalue weighted by molar-refractivity contribution is 8.28. The van der Waals surface area contributed by atoms with E-state index in [1.165, 1.54) is 37.6 Å². The Morgan fingerprint density at radius 3 is 2.35 bits per heavy atom. The zero-order valence-corrected chi connectivity index (χ0v) is 16.7. The van der Waals surface area contributed by atoms with Crippen molar-refractivity contribution in [3.63, 3.8) is 0 Å². The standard InChI is InChI=1S/C17H19N3O4S2/c1-10-14(16(22)24-5)25-17(19(10)3)20(18-15(26-17)11(2)21)12-6-8-13(23-4)9-7-12/h6-9H,1-5H3/t17-/m1/s1. The molecule has 0 saturated carbocycles. The van der Waals surface area contributed by atoms with E-state index in [1.54, 1.807) is 12.1 Å². The second-order valence-corrected chi connectivity index (χ2v) is 8.29. The summed E-state index contributed by atoms with van der Waals surface area (Å²) in [5.41, 5.74) is 1.56. The number of hydrogen-bond donors (Lipinski definition) is 0. The number of carbonyl (C=O) groups is 2. The molecule has 0 fully saturated rings. The van der Waals surface area contributed by atoms with E-state index in [-0.39, 0.29) is 5.78 Å². The number of benzene rings is 1. The van der Waals surface area contributed by atoms with Gasteiger partial charge < -0.3 is 14.4 Å². The van der Waals surface area contributed by atoms with Gasteiger partial charge >= 0.3 is 5.97 Å². The van der Waals surface area contributed by atoms with E-state index in [4.69, 9.17) is 9.47 Å². The summed E-state index contributed by atoms with van der Waals surface area (Å²) in [4.78, 5) is 26.6. The summed E-state index contributed by atoms with van der Waals surface area (Å²) < 4.78 is 9.32. The maximum atomic E-state index is 12.2. The SMILES string of the molecule is COC(=O)C1=C(C)N(C)[C@]2(SC(C(C)=O)=NN2c2ccc(OC)cc2)S1. The molecule has 0 unspecified atom stereocenters. The summed E-state index contributed by atoms with van der Waals surface area (Å²) in [6.45, 7) is 3.34. The zero-order chi connectivity index (χ0) is 19.1. The first-order valence-electron chi connectivity index (χ1n) is 7.79. The van der Waals surface area contributed by atoms with Crippen LogP contribution in [0.15, 0.2) is 40.0 Å². The Bertz CT molecular complexity index is 822. The number of ether oxygens (including phenoxy) is 2. The maximum absolute atomic E-state index is 12.2. The minimum Gasteiger partial charge on any atom is -0.497 e. The van der Waals surface area contributed by atoms with Crippen LogP contribution in [0.4, 0.5) is 5.69 Å². The van der Waals surface area contributed by atoms with Crippen LogP contribution in [0, 0.1) is 0 Å². The van der Waals surface area contributed by atoms with Crippen LogP contribution in [-0.2, 0) is 14.3 Å². The highest BCUT2D eigenvalue weighted by Crippen LogP contribution is 2.58. The first-order chi connectivity index (χ1) is 12.3. The van der Waals surface area contributed by atoms with E-state index < -0.39 is 10.3 Å². The highest BCUT2D eigenvalue weighted by atomic mass is 32.2. The summed E-state index contributed by atoms with van der Waals surface area (Å²) in [6.07, 6.45) is 0. The number of methoxy groups -OCH3 is 2. The molecule has 1 spiro atoms. The molecular weight excluding hydrogens is 374 g/mol. The fraction of sp³-hybridized carbons (Fsp3) is 0.353. The fourth-order valence-corrected chi connectivity index (χ4v) is 5.53. The van der Waals surface area contributed by atoms with Gasteiger partial charge in [-0.15, -0.1) is 0 Å². The molecule has 0 N–H and O–H groups in total. The summed E-state index contributed by atoms with van der Waals surface area (Å²) in [6, 6.07) is 7.40. The molecule has 9 heteroatoms. The number of Topliss-reactive ketones (excluding diaryl/α,β-unsaturated/α-hetero) is 1. The number of esters is 1. The fourth-order valence-electron chi connectivity index (χ4n) is 2.63. The van der Waals surface area contributed by atoms with Crippen LogP contribution in [0.5, 0.6) is 5.75 Å². The number of anilines is 1. The number of hydrogen-bond acceptors (Lipinski definition) is 9. The Balaban J connectivity index is 2.05. The van der Waals surface area contributed by atoms with E-state index >= 15 is 0 Å². The van der Waals surface area contributed by atoms with Crippen LogP contribution in [0.1, 0.15) is 13.8 Å². The minimum atomic E-state index is -0.802. The van der Waals surface area contributed by atoms with Crippen molar-refractivity contribution in [3.8, 4) is 5.75 Å². The van der Waals surface area contributed by atoms with Crippen molar-refractivity contribution >= 4 is 46.0 Å². The number of carbonyl (C=O) groups excluding carboxylic acids is 2. The average molecular weight is 393 g/mol. The number of thioether (sulfide) groups is 2. The van der Waals surface area contributed by atoms with Crippen molar-refractivity contribution in [2.45, 2.75) is 18.2 Å². The van der Waals surface area contributed by atoms with Gasteiger partial charge in [-0.05, 0) is 43.0 Å². The van der Waals surface area contributed by atoms with Gasteiger partial charge in [-0.2, -0.15) is 5.10 Å². The van der Waals surface area contributed by atoms with Crippen LogP contribution in [-0.4, -0.2) is 47.3 Å². The summed E-state index contributed by atoms with van der Waals surface area (Å²) in [5, 5.41) is 6.68. The third-order valence-electron chi connectivity index (χ3n) is 4.17. The predicted octanol–water partition coefficient (Wildman–Crippen LogP) is 2.85. The van der Waals surface area contributed by atoms with Crippen LogP contribution >= 0.6 is 23.5 Å². The largest absolute Gasteiger partial charge is 0.497 e.